The van der Waals surface area contributed by atoms with Gasteiger partial charge < -0.3 is 10.4 Å². The highest BCUT2D eigenvalue weighted by atomic mass is 16.4. The zero-order valence-electron chi connectivity index (χ0n) is 12.3. The quantitative estimate of drug-likeness (QED) is 0.778. The minimum absolute atomic E-state index is 0.181. The Bertz CT molecular complexity index is 517. The fourth-order valence-electron chi connectivity index (χ4n) is 2.73. The van der Waals surface area contributed by atoms with Crippen LogP contribution in [0.1, 0.15) is 49.0 Å². The molecule has 108 valence electrons. The minimum Gasteiger partial charge on any atom is -0.478 e. The van der Waals surface area contributed by atoms with E-state index in [2.05, 4.69) is 25.2 Å². The van der Waals surface area contributed by atoms with E-state index in [1.54, 1.807) is 23.8 Å². The van der Waals surface area contributed by atoms with E-state index in [9.17, 15) is 4.79 Å². The van der Waals surface area contributed by atoms with Crippen molar-refractivity contribution in [2.75, 3.05) is 6.54 Å². The molecule has 1 aliphatic rings. The number of hydrogen-bond donors (Lipinski definition) is 2. The molecule has 0 unspecified atom stereocenters. The molecule has 0 atom stereocenters. The zero-order chi connectivity index (χ0) is 14.6. The Morgan fingerprint density at radius 2 is 2.20 bits per heavy atom. The molecule has 0 bridgehead atoms. The zero-order valence-corrected chi connectivity index (χ0v) is 12.3. The van der Waals surface area contributed by atoms with Crippen molar-refractivity contribution >= 4 is 5.97 Å². The molecule has 1 aromatic carbocycles. The van der Waals surface area contributed by atoms with Crippen molar-refractivity contribution in [3.63, 3.8) is 0 Å². The summed E-state index contributed by atoms with van der Waals surface area (Å²) < 4.78 is 0. The molecule has 0 fully saturated rings. The Balaban J connectivity index is 1.89. The first-order chi connectivity index (χ1) is 9.49. The molecular weight excluding hydrogens is 250 g/mol. The highest BCUT2D eigenvalue weighted by Gasteiger charge is 2.24. The van der Waals surface area contributed by atoms with Gasteiger partial charge in [-0.2, -0.15) is 0 Å². The highest BCUT2D eigenvalue weighted by Crippen LogP contribution is 2.34. The first kappa shape index (κ1) is 14.8. The molecule has 0 heterocycles. The van der Waals surface area contributed by atoms with E-state index in [1.165, 1.54) is 19.3 Å². The average molecular weight is 273 g/mol. The number of carbonyl (C=O) groups is 1. The third-order valence-electron chi connectivity index (χ3n) is 3.98. The molecular formula is C17H23NO2. The van der Waals surface area contributed by atoms with Crippen LogP contribution >= 0.6 is 0 Å². The van der Waals surface area contributed by atoms with Crippen LogP contribution in [-0.4, -0.2) is 17.6 Å². The maximum absolute atomic E-state index is 10.9. The van der Waals surface area contributed by atoms with Crippen LogP contribution in [0.3, 0.4) is 0 Å². The Labute approximate surface area is 120 Å². The number of carboxylic acids is 1. The van der Waals surface area contributed by atoms with Crippen LogP contribution in [0.2, 0.25) is 0 Å². The fraction of sp³-hybridized carbons (Fsp3) is 0.471. The number of nitrogens with one attached hydrogen (secondary N) is 1. The van der Waals surface area contributed by atoms with Gasteiger partial charge >= 0.3 is 5.97 Å². The van der Waals surface area contributed by atoms with Gasteiger partial charge in [0.05, 0.1) is 5.56 Å². The molecule has 1 aromatic rings. The van der Waals surface area contributed by atoms with E-state index in [-0.39, 0.29) is 5.41 Å². The van der Waals surface area contributed by atoms with E-state index in [4.69, 9.17) is 5.11 Å². The van der Waals surface area contributed by atoms with Gasteiger partial charge in [-0.1, -0.05) is 37.6 Å². The Morgan fingerprint density at radius 1 is 1.40 bits per heavy atom. The largest absolute Gasteiger partial charge is 0.478 e. The second kappa shape index (κ2) is 6.23. The summed E-state index contributed by atoms with van der Waals surface area (Å²) >= 11 is 0. The molecule has 0 aliphatic heterocycles. The molecule has 0 saturated carbocycles. The molecule has 20 heavy (non-hydrogen) atoms. The van der Waals surface area contributed by atoms with Crippen molar-refractivity contribution in [3.8, 4) is 0 Å². The van der Waals surface area contributed by atoms with Crippen LogP contribution in [0.15, 0.2) is 35.9 Å². The summed E-state index contributed by atoms with van der Waals surface area (Å²) in [6.07, 6.45) is 6.06. The maximum atomic E-state index is 10.9. The Morgan fingerprint density at radius 3 is 2.85 bits per heavy atom. The summed E-state index contributed by atoms with van der Waals surface area (Å²) in [4.78, 5) is 10.9. The van der Waals surface area contributed by atoms with E-state index in [0.29, 0.717) is 12.1 Å². The molecule has 0 spiro atoms. The number of hydrogen-bond acceptors (Lipinski definition) is 2. The first-order valence-electron chi connectivity index (χ1n) is 7.21. The minimum atomic E-state index is -0.872. The van der Waals surface area contributed by atoms with Crippen molar-refractivity contribution < 1.29 is 9.90 Å². The number of allylic oxidation sites excluding steroid dienone is 1. The van der Waals surface area contributed by atoms with Crippen LogP contribution < -0.4 is 5.32 Å². The van der Waals surface area contributed by atoms with Crippen molar-refractivity contribution in [1.29, 1.82) is 0 Å². The highest BCUT2D eigenvalue weighted by molar-refractivity contribution is 5.87. The van der Waals surface area contributed by atoms with Gasteiger partial charge in [0.1, 0.15) is 0 Å². The van der Waals surface area contributed by atoms with Gasteiger partial charge in [0.15, 0.2) is 0 Å². The van der Waals surface area contributed by atoms with Crippen LogP contribution in [0, 0.1) is 5.41 Å². The topological polar surface area (TPSA) is 49.3 Å². The lowest BCUT2D eigenvalue weighted by Gasteiger charge is -2.27. The van der Waals surface area contributed by atoms with Crippen LogP contribution in [0.25, 0.3) is 0 Å². The maximum Gasteiger partial charge on any atom is 0.335 e. The van der Waals surface area contributed by atoms with Gasteiger partial charge in [-0.3, -0.25) is 0 Å². The first-order valence-corrected chi connectivity index (χ1v) is 7.21. The predicted octanol–water partition coefficient (Wildman–Crippen LogP) is 3.61. The number of rotatable bonds is 6. The van der Waals surface area contributed by atoms with Crippen LogP contribution in [0.5, 0.6) is 0 Å². The van der Waals surface area contributed by atoms with Crippen LogP contribution in [0.4, 0.5) is 0 Å². The normalized spacial score (nSPS) is 15.2. The van der Waals surface area contributed by atoms with Gasteiger partial charge in [-0.05, 0) is 42.4 Å². The van der Waals surface area contributed by atoms with Crippen molar-refractivity contribution in [1.82, 2.24) is 5.32 Å². The van der Waals surface area contributed by atoms with E-state index in [0.717, 1.165) is 12.1 Å². The van der Waals surface area contributed by atoms with Gasteiger partial charge in [-0.25, -0.2) is 4.79 Å². The summed E-state index contributed by atoms with van der Waals surface area (Å²) in [5.74, 6) is -0.872. The lowest BCUT2D eigenvalue weighted by atomic mass is 9.83. The SMILES string of the molecule is CC(C)(CNCc1cccc(C(=O)O)c1)C1=CCCC1. The molecule has 2 N–H and O–H groups in total. The molecule has 0 amide bonds. The fourth-order valence-corrected chi connectivity index (χ4v) is 2.73. The number of aromatic carboxylic acids is 1. The Hall–Kier alpha value is -1.61. The molecule has 1 aliphatic carbocycles. The summed E-state index contributed by atoms with van der Waals surface area (Å²) in [6.45, 7) is 6.16. The monoisotopic (exact) mass is 273 g/mol. The second-order valence-electron chi connectivity index (χ2n) is 6.11. The smallest absolute Gasteiger partial charge is 0.335 e. The molecule has 0 radical (unpaired) electrons. The predicted molar refractivity (Wildman–Crippen MR) is 80.8 cm³/mol. The van der Waals surface area contributed by atoms with E-state index in [1.807, 2.05) is 6.07 Å². The molecule has 0 aromatic heterocycles. The Kier molecular flexibility index (Phi) is 4.61. The summed E-state index contributed by atoms with van der Waals surface area (Å²) in [6, 6.07) is 7.11. The summed E-state index contributed by atoms with van der Waals surface area (Å²) in [5.41, 5.74) is 3.09. The van der Waals surface area contributed by atoms with E-state index >= 15 is 0 Å². The second-order valence-corrected chi connectivity index (χ2v) is 6.11. The van der Waals surface area contributed by atoms with Crippen LogP contribution in [-0.2, 0) is 6.54 Å². The van der Waals surface area contributed by atoms with Gasteiger partial charge in [-0.15, -0.1) is 0 Å². The summed E-state index contributed by atoms with van der Waals surface area (Å²) in [7, 11) is 0. The average Bonchev–Trinajstić information content (AvgIpc) is 2.93. The van der Waals surface area contributed by atoms with Crippen molar-refractivity contribution in [3.05, 3.63) is 47.0 Å². The summed E-state index contributed by atoms with van der Waals surface area (Å²) in [5, 5.41) is 12.4. The standard InChI is InChI=1S/C17H23NO2/c1-17(2,15-8-3-4-9-15)12-18-11-13-6-5-7-14(10-13)16(19)20/h5-8,10,18H,3-4,9,11-12H2,1-2H3,(H,19,20). The number of carboxylic acid groups (broad SMARTS) is 1. The van der Waals surface area contributed by atoms with Gasteiger partial charge in [0.2, 0.25) is 0 Å². The molecule has 3 nitrogen and oxygen atoms in total. The van der Waals surface area contributed by atoms with Gasteiger partial charge in [0.25, 0.3) is 0 Å². The third-order valence-corrected chi connectivity index (χ3v) is 3.98. The van der Waals surface area contributed by atoms with E-state index < -0.39 is 5.97 Å². The lowest BCUT2D eigenvalue weighted by Crippen LogP contribution is -2.30. The van der Waals surface area contributed by atoms with Crippen molar-refractivity contribution in [2.24, 2.45) is 5.41 Å². The lowest BCUT2D eigenvalue weighted by molar-refractivity contribution is 0.0696. The van der Waals surface area contributed by atoms with Gasteiger partial charge in [0, 0.05) is 13.1 Å². The molecule has 2 rings (SSSR count). The molecule has 0 saturated heterocycles. The number of benzene rings is 1. The van der Waals surface area contributed by atoms with Crippen molar-refractivity contribution in [2.45, 2.75) is 39.7 Å². The third kappa shape index (κ3) is 3.70. The molecule has 3 heteroatoms.